The Morgan fingerprint density at radius 2 is 2.29 bits per heavy atom. The van der Waals surface area contributed by atoms with Crippen molar-refractivity contribution in [2.45, 2.75) is 13.0 Å². The predicted molar refractivity (Wildman–Crippen MR) is 70.7 cm³/mol. The summed E-state index contributed by atoms with van der Waals surface area (Å²) in [5.74, 6) is 0. The normalized spacial score (nSPS) is 11.1. The Kier molecular flexibility index (Phi) is 2.74. The molecule has 0 atom stereocenters. The highest BCUT2D eigenvalue weighted by molar-refractivity contribution is 7.71. The summed E-state index contributed by atoms with van der Waals surface area (Å²) in [5.41, 5.74) is 1.89. The molecule has 0 spiro atoms. The Hall–Kier alpha value is -1.53. The van der Waals surface area contributed by atoms with E-state index in [2.05, 4.69) is 15.0 Å². The van der Waals surface area contributed by atoms with Crippen molar-refractivity contribution in [3.05, 3.63) is 39.7 Å². The monoisotopic (exact) mass is 262 g/mol. The molecule has 0 fully saturated rings. The maximum absolute atomic E-state index is 5.30. The van der Waals surface area contributed by atoms with Crippen LogP contribution < -0.4 is 0 Å². The third-order valence-corrected chi connectivity index (χ3v) is 3.72. The number of H-pyrrole nitrogens is 1. The number of rotatable bonds is 3. The molecular formula is C11H10N4S2. The molecule has 3 heterocycles. The van der Waals surface area contributed by atoms with E-state index in [9.17, 15) is 0 Å². The summed E-state index contributed by atoms with van der Waals surface area (Å²) in [7, 11) is 0. The molecule has 0 aliphatic rings. The van der Waals surface area contributed by atoms with Crippen molar-refractivity contribution in [1.82, 2.24) is 19.5 Å². The molecule has 4 nitrogen and oxygen atoms in total. The van der Waals surface area contributed by atoms with E-state index in [4.69, 9.17) is 12.2 Å². The van der Waals surface area contributed by atoms with Crippen molar-refractivity contribution in [2.24, 2.45) is 0 Å². The highest BCUT2D eigenvalue weighted by atomic mass is 32.1. The number of hydrogen-bond donors (Lipinski definition) is 1. The molecule has 0 unspecified atom stereocenters. The molecular weight excluding hydrogens is 252 g/mol. The maximum Gasteiger partial charge on any atom is 0.179 e. The maximum atomic E-state index is 5.30. The molecule has 3 aromatic rings. The number of aromatic amines is 1. The molecule has 3 aromatic heterocycles. The molecule has 3 rings (SSSR count). The van der Waals surface area contributed by atoms with Gasteiger partial charge in [-0.05, 0) is 24.4 Å². The van der Waals surface area contributed by atoms with Gasteiger partial charge >= 0.3 is 0 Å². The molecule has 0 aromatic carbocycles. The number of aromatic nitrogens is 4. The summed E-state index contributed by atoms with van der Waals surface area (Å²) in [4.78, 5) is 11.8. The van der Waals surface area contributed by atoms with Gasteiger partial charge in [-0.25, -0.2) is 9.97 Å². The smallest absolute Gasteiger partial charge is 0.179 e. The molecule has 0 radical (unpaired) electrons. The van der Waals surface area contributed by atoms with Gasteiger partial charge in [-0.3, -0.25) is 0 Å². The molecule has 1 N–H and O–H groups in total. The SMILES string of the molecule is S=c1[nH]c2cccnc2n1CCc1nccs1. The number of imidazole rings is 1. The highest BCUT2D eigenvalue weighted by Crippen LogP contribution is 2.12. The van der Waals surface area contributed by atoms with Crippen molar-refractivity contribution < 1.29 is 0 Å². The Labute approximate surface area is 107 Å². The van der Waals surface area contributed by atoms with E-state index >= 15 is 0 Å². The second kappa shape index (κ2) is 4.38. The van der Waals surface area contributed by atoms with Gasteiger partial charge in [0.05, 0.1) is 10.5 Å². The summed E-state index contributed by atoms with van der Waals surface area (Å²) >= 11 is 6.97. The molecule has 6 heteroatoms. The van der Waals surface area contributed by atoms with Crippen LogP contribution >= 0.6 is 23.6 Å². The van der Waals surface area contributed by atoms with Crippen LogP contribution in [0, 0.1) is 4.77 Å². The quantitative estimate of drug-likeness (QED) is 0.738. The van der Waals surface area contributed by atoms with E-state index < -0.39 is 0 Å². The lowest BCUT2D eigenvalue weighted by Crippen LogP contribution is -2.01. The van der Waals surface area contributed by atoms with Crippen molar-refractivity contribution in [2.75, 3.05) is 0 Å². The lowest BCUT2D eigenvalue weighted by molar-refractivity contribution is 0.698. The van der Waals surface area contributed by atoms with Crippen molar-refractivity contribution in [3.63, 3.8) is 0 Å². The summed E-state index contributed by atoms with van der Waals surface area (Å²) in [6.45, 7) is 0.809. The zero-order chi connectivity index (χ0) is 11.7. The molecule has 0 saturated heterocycles. The number of aryl methyl sites for hydroxylation is 2. The highest BCUT2D eigenvalue weighted by Gasteiger charge is 2.05. The minimum atomic E-state index is 0.718. The first-order valence-electron chi connectivity index (χ1n) is 5.26. The van der Waals surface area contributed by atoms with Crippen LogP contribution in [0.2, 0.25) is 0 Å². The number of thiazole rings is 1. The Bertz CT molecular complexity index is 681. The lowest BCUT2D eigenvalue weighted by atomic mass is 10.4. The van der Waals surface area contributed by atoms with E-state index in [0.29, 0.717) is 0 Å². The van der Waals surface area contributed by atoms with Gasteiger partial charge in [-0.15, -0.1) is 11.3 Å². The predicted octanol–water partition coefficient (Wildman–Crippen LogP) is 2.79. The zero-order valence-corrected chi connectivity index (χ0v) is 10.6. The molecule has 0 aliphatic carbocycles. The van der Waals surface area contributed by atoms with E-state index in [1.807, 2.05) is 28.3 Å². The van der Waals surface area contributed by atoms with Gasteiger partial charge in [-0.2, -0.15) is 0 Å². The van der Waals surface area contributed by atoms with Crippen LogP contribution in [0.15, 0.2) is 29.9 Å². The lowest BCUT2D eigenvalue weighted by Gasteiger charge is -2.01. The van der Waals surface area contributed by atoms with Crippen molar-refractivity contribution in [1.29, 1.82) is 0 Å². The Balaban J connectivity index is 1.94. The van der Waals surface area contributed by atoms with E-state index in [1.165, 1.54) is 0 Å². The fraction of sp³-hybridized carbons (Fsp3) is 0.182. The number of hydrogen-bond acceptors (Lipinski definition) is 4. The van der Waals surface area contributed by atoms with Crippen LogP contribution in [0.4, 0.5) is 0 Å². The Morgan fingerprint density at radius 3 is 3.12 bits per heavy atom. The van der Waals surface area contributed by atoms with Crippen molar-refractivity contribution in [3.8, 4) is 0 Å². The standard InChI is InChI=1S/C11H10N4S2/c16-11-14-8-2-1-4-13-10(8)15(11)6-3-9-12-5-7-17-9/h1-2,4-5,7H,3,6H2,(H,14,16). The minimum Gasteiger partial charge on any atom is -0.329 e. The van der Waals surface area contributed by atoms with Gasteiger partial charge in [0.25, 0.3) is 0 Å². The molecule has 0 bridgehead atoms. The number of pyridine rings is 1. The molecule has 86 valence electrons. The van der Waals surface area contributed by atoms with Gasteiger partial charge in [0.15, 0.2) is 10.4 Å². The van der Waals surface area contributed by atoms with Crippen LogP contribution in [0.3, 0.4) is 0 Å². The molecule has 0 amide bonds. The second-order valence-electron chi connectivity index (χ2n) is 3.63. The summed E-state index contributed by atoms with van der Waals surface area (Å²) < 4.78 is 2.74. The van der Waals surface area contributed by atoms with Crippen LogP contribution in [0.5, 0.6) is 0 Å². The van der Waals surface area contributed by atoms with Gasteiger partial charge in [-0.1, -0.05) is 0 Å². The first kappa shape index (κ1) is 10.6. The molecule has 17 heavy (non-hydrogen) atoms. The van der Waals surface area contributed by atoms with Gasteiger partial charge in [0.1, 0.15) is 0 Å². The third-order valence-electron chi connectivity index (χ3n) is 2.56. The first-order valence-corrected chi connectivity index (χ1v) is 6.55. The average molecular weight is 262 g/mol. The van der Waals surface area contributed by atoms with Crippen LogP contribution in [-0.4, -0.2) is 19.5 Å². The van der Waals surface area contributed by atoms with E-state index in [1.54, 1.807) is 17.5 Å². The van der Waals surface area contributed by atoms with Gasteiger partial charge < -0.3 is 9.55 Å². The zero-order valence-electron chi connectivity index (χ0n) is 8.96. The number of nitrogens with one attached hydrogen (secondary N) is 1. The summed E-state index contributed by atoms with van der Waals surface area (Å²) in [5, 5.41) is 3.11. The van der Waals surface area contributed by atoms with Crippen LogP contribution in [-0.2, 0) is 13.0 Å². The number of fused-ring (bicyclic) bond motifs is 1. The second-order valence-corrected chi connectivity index (χ2v) is 5.00. The van der Waals surface area contributed by atoms with Gasteiger partial charge in [0.2, 0.25) is 0 Å². The van der Waals surface area contributed by atoms with Crippen LogP contribution in [0.25, 0.3) is 11.2 Å². The fourth-order valence-electron chi connectivity index (χ4n) is 1.78. The number of nitrogens with zero attached hydrogens (tertiary/aromatic N) is 3. The Morgan fingerprint density at radius 1 is 1.35 bits per heavy atom. The average Bonchev–Trinajstić information content (AvgIpc) is 2.93. The largest absolute Gasteiger partial charge is 0.329 e. The fourth-order valence-corrected chi connectivity index (χ4v) is 2.68. The summed E-state index contributed by atoms with van der Waals surface area (Å²) in [6.07, 6.45) is 4.49. The third kappa shape index (κ3) is 2.01. The van der Waals surface area contributed by atoms with Crippen LogP contribution in [0.1, 0.15) is 5.01 Å². The van der Waals surface area contributed by atoms with Gasteiger partial charge in [0, 0.05) is 30.7 Å². The van der Waals surface area contributed by atoms with E-state index in [-0.39, 0.29) is 0 Å². The van der Waals surface area contributed by atoms with E-state index in [0.717, 1.165) is 33.9 Å². The minimum absolute atomic E-state index is 0.718. The first-order chi connectivity index (χ1) is 8.34. The summed E-state index contributed by atoms with van der Waals surface area (Å²) in [6, 6.07) is 3.89. The topological polar surface area (TPSA) is 46.5 Å². The van der Waals surface area contributed by atoms with Crippen molar-refractivity contribution >= 4 is 34.7 Å². The molecule has 0 saturated carbocycles. The molecule has 0 aliphatic heterocycles.